The number of nitrogens with zero attached hydrogens (tertiary/aromatic N) is 3. The molecule has 2 N–H and O–H groups in total. The molecule has 0 spiro atoms. The highest BCUT2D eigenvalue weighted by molar-refractivity contribution is 7.80. The van der Waals surface area contributed by atoms with Gasteiger partial charge in [-0.05, 0) is 61.5 Å². The zero-order chi connectivity index (χ0) is 22.8. The lowest BCUT2D eigenvalue weighted by Crippen LogP contribution is -2.06. The van der Waals surface area contributed by atoms with Crippen molar-refractivity contribution in [3.63, 3.8) is 0 Å². The van der Waals surface area contributed by atoms with Crippen LogP contribution in [0.2, 0.25) is 5.02 Å². The Morgan fingerprint density at radius 2 is 1.91 bits per heavy atom. The monoisotopic (exact) mass is 466 g/mol. The molecule has 0 fully saturated rings. The van der Waals surface area contributed by atoms with Gasteiger partial charge in [-0.1, -0.05) is 48.0 Å². The van der Waals surface area contributed by atoms with Crippen LogP contribution in [0.4, 0.5) is 15.8 Å². The van der Waals surface area contributed by atoms with Crippen LogP contribution in [0.5, 0.6) is 5.88 Å². The maximum atomic E-state index is 14.3. The van der Waals surface area contributed by atoms with Crippen LogP contribution in [0, 0.1) is 19.7 Å². The molecular weight excluding hydrogens is 447 g/mol. The van der Waals surface area contributed by atoms with Gasteiger partial charge in [-0.3, -0.25) is 0 Å². The first-order valence-corrected chi connectivity index (χ1v) is 10.7. The van der Waals surface area contributed by atoms with Gasteiger partial charge < -0.3 is 15.0 Å². The lowest BCUT2D eigenvalue weighted by molar-refractivity contribution is 0.428. The quantitative estimate of drug-likeness (QED) is 0.245. The van der Waals surface area contributed by atoms with Gasteiger partial charge in [0.2, 0.25) is 11.0 Å². The van der Waals surface area contributed by atoms with E-state index < -0.39 is 5.82 Å². The molecule has 5 nitrogen and oxygen atoms in total. The molecule has 0 radical (unpaired) electrons. The van der Waals surface area contributed by atoms with Crippen LogP contribution < -0.4 is 5.32 Å². The molecule has 162 valence electrons. The Labute approximate surface area is 195 Å². The van der Waals surface area contributed by atoms with Gasteiger partial charge in [0, 0.05) is 21.7 Å². The van der Waals surface area contributed by atoms with Gasteiger partial charge >= 0.3 is 0 Å². The average molecular weight is 467 g/mol. The molecule has 4 aromatic rings. The average Bonchev–Trinajstić information content (AvgIpc) is 3.03. The zero-order valence-electron chi connectivity index (χ0n) is 17.4. The molecule has 0 aliphatic carbocycles. The van der Waals surface area contributed by atoms with E-state index in [0.29, 0.717) is 10.9 Å². The fraction of sp³-hybridized carbons (Fsp3) is 0.125. The second kappa shape index (κ2) is 9.06. The molecule has 0 atom stereocenters. The van der Waals surface area contributed by atoms with E-state index in [1.165, 1.54) is 6.07 Å². The third-order valence-corrected chi connectivity index (χ3v) is 5.71. The van der Waals surface area contributed by atoms with Gasteiger partial charge in [0.15, 0.2) is 5.69 Å². The van der Waals surface area contributed by atoms with Crippen molar-refractivity contribution in [3.8, 4) is 5.88 Å². The molecule has 8 heteroatoms. The third kappa shape index (κ3) is 4.35. The van der Waals surface area contributed by atoms with Crippen molar-refractivity contribution in [2.75, 3.05) is 5.32 Å². The number of nitrogens with one attached hydrogen (secondary N) is 1. The molecule has 4 rings (SSSR count). The van der Waals surface area contributed by atoms with E-state index in [1.54, 1.807) is 16.7 Å². The van der Waals surface area contributed by atoms with Crippen molar-refractivity contribution in [1.29, 1.82) is 0 Å². The first kappa shape index (κ1) is 21.9. The Morgan fingerprint density at radius 3 is 2.69 bits per heavy atom. The van der Waals surface area contributed by atoms with E-state index in [-0.39, 0.29) is 33.8 Å². The number of aromatic hydroxyl groups is 1. The Balaban J connectivity index is 1.68. The van der Waals surface area contributed by atoms with Crippen LogP contribution in [-0.2, 0) is 6.54 Å². The fourth-order valence-electron chi connectivity index (χ4n) is 3.48. The number of halogens is 2. The van der Waals surface area contributed by atoms with Gasteiger partial charge in [-0.15, -0.1) is 10.2 Å². The van der Waals surface area contributed by atoms with Crippen molar-refractivity contribution in [2.45, 2.75) is 20.4 Å². The minimum absolute atomic E-state index is 0.0402. The Bertz CT molecular complexity index is 1350. The van der Waals surface area contributed by atoms with E-state index in [2.05, 4.69) is 15.5 Å². The number of rotatable bonds is 4. The number of benzene rings is 3. The molecule has 32 heavy (non-hydrogen) atoms. The second-order valence-corrected chi connectivity index (χ2v) is 8.22. The van der Waals surface area contributed by atoms with Gasteiger partial charge in [0.25, 0.3) is 0 Å². The summed E-state index contributed by atoms with van der Waals surface area (Å²) in [5.41, 5.74) is 4.15. The zero-order valence-corrected chi connectivity index (χ0v) is 19.0. The first-order valence-electron chi connectivity index (χ1n) is 9.88. The maximum Gasteiger partial charge on any atom is 0.221 e. The van der Waals surface area contributed by atoms with E-state index in [4.69, 9.17) is 23.8 Å². The van der Waals surface area contributed by atoms with Crippen LogP contribution in [-0.4, -0.2) is 14.8 Å². The van der Waals surface area contributed by atoms with Crippen molar-refractivity contribution >= 4 is 51.2 Å². The van der Waals surface area contributed by atoms with E-state index in [9.17, 15) is 9.50 Å². The minimum Gasteiger partial charge on any atom is -0.493 e. The summed E-state index contributed by atoms with van der Waals surface area (Å²) in [6, 6.07) is 17.7. The van der Waals surface area contributed by atoms with E-state index >= 15 is 0 Å². The molecule has 0 saturated carbocycles. The van der Waals surface area contributed by atoms with Crippen molar-refractivity contribution in [3.05, 3.63) is 88.2 Å². The van der Waals surface area contributed by atoms with Crippen molar-refractivity contribution in [1.82, 2.24) is 4.57 Å². The van der Waals surface area contributed by atoms with Crippen molar-refractivity contribution < 1.29 is 9.50 Å². The summed E-state index contributed by atoms with van der Waals surface area (Å²) in [4.78, 5) is 0. The molecule has 0 amide bonds. The lowest BCUT2D eigenvalue weighted by Gasteiger charge is -2.10. The molecule has 1 aromatic heterocycles. The number of fused-ring (bicyclic) bond motifs is 1. The predicted octanol–water partition coefficient (Wildman–Crippen LogP) is 7.29. The Kier molecular flexibility index (Phi) is 6.21. The molecule has 0 bridgehead atoms. The van der Waals surface area contributed by atoms with E-state index in [1.807, 2.05) is 56.3 Å². The number of para-hydroxylation sites is 1. The highest BCUT2D eigenvalue weighted by atomic mass is 35.5. The van der Waals surface area contributed by atoms with Gasteiger partial charge in [0.1, 0.15) is 5.82 Å². The van der Waals surface area contributed by atoms with Crippen LogP contribution in [0.15, 0.2) is 70.9 Å². The summed E-state index contributed by atoms with van der Waals surface area (Å²) in [6.07, 6.45) is 0. The second-order valence-electron chi connectivity index (χ2n) is 7.42. The molecule has 0 aliphatic heterocycles. The lowest BCUT2D eigenvalue weighted by atomic mass is 10.1. The number of aryl methyl sites for hydroxylation is 2. The number of hydrogen-bond donors (Lipinski definition) is 2. The summed E-state index contributed by atoms with van der Waals surface area (Å²) in [6.45, 7) is 4.00. The Morgan fingerprint density at radius 1 is 1.12 bits per heavy atom. The number of thiocarbonyl (C=S) groups is 1. The highest BCUT2D eigenvalue weighted by Gasteiger charge is 2.19. The summed E-state index contributed by atoms with van der Waals surface area (Å²) >= 11 is 11.5. The normalized spacial score (nSPS) is 11.4. The molecule has 0 aliphatic rings. The van der Waals surface area contributed by atoms with Crippen LogP contribution >= 0.6 is 23.8 Å². The molecular formula is C24H20ClFN4OS. The summed E-state index contributed by atoms with van der Waals surface area (Å²) in [5.74, 6) is -0.597. The van der Waals surface area contributed by atoms with E-state index in [0.717, 1.165) is 16.8 Å². The molecule has 3 aromatic carbocycles. The summed E-state index contributed by atoms with van der Waals surface area (Å²) < 4.78 is 15.9. The molecule has 0 unspecified atom stereocenters. The van der Waals surface area contributed by atoms with Gasteiger partial charge in [-0.25, -0.2) is 4.39 Å². The number of aromatic nitrogens is 1. The fourth-order valence-corrected chi connectivity index (χ4v) is 3.85. The van der Waals surface area contributed by atoms with Gasteiger partial charge in [-0.2, -0.15) is 0 Å². The Hall–Kier alpha value is -3.29. The van der Waals surface area contributed by atoms with Crippen LogP contribution in [0.25, 0.3) is 10.9 Å². The smallest absolute Gasteiger partial charge is 0.221 e. The maximum absolute atomic E-state index is 14.3. The number of azo groups is 1. The standard InChI is InChI=1S/C24H20ClFN4OS/c1-14-10-11-15(2)20(12-14)27-24(32)29-28-22-16-6-3-4-9-21(16)30(23(22)31)13-17-18(25)7-5-8-19(17)26/h3-12,31H,13H2,1-2H3,(H,27,32). The number of anilines is 1. The molecule has 1 heterocycles. The SMILES string of the molecule is Cc1ccc(C)c(NC(=S)N=Nc2c(O)n(Cc3c(F)cccc3Cl)c3ccccc23)c1. The summed E-state index contributed by atoms with van der Waals surface area (Å²) in [7, 11) is 0. The van der Waals surface area contributed by atoms with Crippen LogP contribution in [0.3, 0.4) is 0 Å². The molecule has 0 saturated heterocycles. The third-order valence-electron chi connectivity index (χ3n) is 5.17. The first-order chi connectivity index (χ1) is 15.3. The number of hydrogen-bond acceptors (Lipinski definition) is 3. The minimum atomic E-state index is -0.447. The summed E-state index contributed by atoms with van der Waals surface area (Å²) in [5, 5.41) is 23.4. The topological polar surface area (TPSA) is 61.9 Å². The predicted molar refractivity (Wildman–Crippen MR) is 131 cm³/mol. The highest BCUT2D eigenvalue weighted by Crippen LogP contribution is 2.40. The van der Waals surface area contributed by atoms with Crippen molar-refractivity contribution in [2.24, 2.45) is 10.2 Å². The van der Waals surface area contributed by atoms with Crippen LogP contribution in [0.1, 0.15) is 16.7 Å². The van der Waals surface area contributed by atoms with Gasteiger partial charge in [0.05, 0.1) is 12.1 Å². The largest absolute Gasteiger partial charge is 0.493 e.